The summed E-state index contributed by atoms with van der Waals surface area (Å²) < 4.78 is 0. The molecule has 12 heavy (non-hydrogen) atoms. The van der Waals surface area contributed by atoms with Gasteiger partial charge in [-0.1, -0.05) is 0 Å². The van der Waals surface area contributed by atoms with Crippen molar-refractivity contribution in [3.8, 4) is 17.2 Å². The predicted molar refractivity (Wildman–Crippen MR) is 36.5 cm³/mol. The molecule has 0 bridgehead atoms. The molecule has 0 saturated heterocycles. The van der Waals surface area contributed by atoms with Gasteiger partial charge in [0.15, 0.2) is 11.5 Å². The van der Waals surface area contributed by atoms with Crippen LogP contribution >= 0.6 is 0 Å². The van der Waals surface area contributed by atoms with Crippen LogP contribution in [-0.4, -0.2) is 21.3 Å². The summed E-state index contributed by atoms with van der Waals surface area (Å²) in [4.78, 5) is 10.2. The van der Waals surface area contributed by atoms with Gasteiger partial charge in [0.2, 0.25) is 5.75 Å². The summed E-state index contributed by atoms with van der Waals surface area (Å²) in [6.45, 7) is 0. The van der Waals surface area contributed by atoms with Crippen LogP contribution in [-0.2, 0) is 5.11 Å². The van der Waals surface area contributed by atoms with Gasteiger partial charge in [-0.05, 0) is 12.1 Å². The highest BCUT2D eigenvalue weighted by molar-refractivity contribution is 5.92. The van der Waals surface area contributed by atoms with Crippen LogP contribution in [0.25, 0.3) is 0 Å². The van der Waals surface area contributed by atoms with Crippen molar-refractivity contribution in [2.24, 2.45) is 0 Å². The van der Waals surface area contributed by atoms with Crippen molar-refractivity contribution in [1.29, 1.82) is 0 Å². The van der Waals surface area contributed by atoms with Crippen molar-refractivity contribution in [1.82, 2.24) is 0 Å². The Labute approximate surface area is 67.1 Å². The summed E-state index contributed by atoms with van der Waals surface area (Å²) >= 11 is 0. The fourth-order valence-electron chi connectivity index (χ4n) is 0.734. The molecule has 0 unspecified atom stereocenters. The van der Waals surface area contributed by atoms with Crippen LogP contribution in [0.3, 0.4) is 0 Å². The Morgan fingerprint density at radius 3 is 2.17 bits per heavy atom. The number of phenols is 3. The normalized spacial score (nSPS) is 9.67. The van der Waals surface area contributed by atoms with Gasteiger partial charge in [0.1, 0.15) is 5.56 Å². The van der Waals surface area contributed by atoms with Crippen molar-refractivity contribution in [3.05, 3.63) is 17.7 Å². The minimum Gasteiger partial charge on any atom is -0.504 e. The van der Waals surface area contributed by atoms with Gasteiger partial charge in [0.25, 0.3) is 0 Å². The minimum absolute atomic E-state index is 0.565. The van der Waals surface area contributed by atoms with Gasteiger partial charge in [0, 0.05) is 0 Å². The highest BCUT2D eigenvalue weighted by Crippen LogP contribution is 2.36. The highest BCUT2D eigenvalue weighted by Gasteiger charge is 2.16. The zero-order valence-electron chi connectivity index (χ0n) is 5.81. The smallest absolute Gasteiger partial charge is 0.390 e. The first-order chi connectivity index (χ1) is 5.54. The Hall–Kier alpha value is -1.91. The third-order valence-electron chi connectivity index (χ3n) is 1.35. The lowest BCUT2D eigenvalue weighted by Crippen LogP contribution is -1.94. The first-order valence-electron chi connectivity index (χ1n) is 2.99. The molecule has 1 aromatic rings. The standard InChI is InChI=1S/C7H5O5/c8-4-2-1-3(7(11)12)5(9)6(4)10/h1-2,8-10H. The summed E-state index contributed by atoms with van der Waals surface area (Å²) in [6, 6.07) is 1.87. The Balaban J connectivity index is 3.36. The predicted octanol–water partition coefficient (Wildman–Crippen LogP) is 0.374. The Morgan fingerprint density at radius 2 is 1.67 bits per heavy atom. The summed E-state index contributed by atoms with van der Waals surface area (Å²) in [5, 5.41) is 36.8. The second-order valence-corrected chi connectivity index (χ2v) is 2.12. The molecule has 1 radical (unpaired) electrons. The summed E-state index contributed by atoms with van der Waals surface area (Å²) in [5.74, 6) is -3.97. The molecule has 0 saturated carbocycles. The SMILES string of the molecule is [O]C(=O)c1ccc(O)c(O)c1O. The van der Waals surface area contributed by atoms with E-state index < -0.39 is 28.8 Å². The lowest BCUT2D eigenvalue weighted by molar-refractivity contribution is 0.0569. The Kier molecular flexibility index (Phi) is 1.78. The van der Waals surface area contributed by atoms with E-state index in [4.69, 9.17) is 15.3 Å². The van der Waals surface area contributed by atoms with Gasteiger partial charge in [-0.2, -0.15) is 0 Å². The molecule has 0 amide bonds. The van der Waals surface area contributed by atoms with Gasteiger partial charge in [-0.25, -0.2) is 9.90 Å². The molecule has 0 fully saturated rings. The fraction of sp³-hybridized carbons (Fsp3) is 0. The second-order valence-electron chi connectivity index (χ2n) is 2.12. The molecule has 5 nitrogen and oxygen atoms in total. The van der Waals surface area contributed by atoms with Crippen LogP contribution in [0.2, 0.25) is 0 Å². The van der Waals surface area contributed by atoms with Gasteiger partial charge < -0.3 is 15.3 Å². The number of benzene rings is 1. The van der Waals surface area contributed by atoms with E-state index in [1.54, 1.807) is 0 Å². The molecule has 0 atom stereocenters. The topological polar surface area (TPSA) is 97.7 Å². The number of hydrogen-bond acceptors (Lipinski definition) is 4. The van der Waals surface area contributed by atoms with Crippen molar-refractivity contribution < 1.29 is 25.2 Å². The van der Waals surface area contributed by atoms with Gasteiger partial charge >= 0.3 is 5.97 Å². The third-order valence-corrected chi connectivity index (χ3v) is 1.35. The van der Waals surface area contributed by atoms with Crippen molar-refractivity contribution in [2.45, 2.75) is 0 Å². The molecule has 0 aliphatic carbocycles. The van der Waals surface area contributed by atoms with Crippen LogP contribution in [0, 0.1) is 0 Å². The largest absolute Gasteiger partial charge is 0.504 e. The molecule has 0 aromatic heterocycles. The van der Waals surface area contributed by atoms with Crippen molar-refractivity contribution in [3.63, 3.8) is 0 Å². The molecule has 1 aromatic carbocycles. The average molecular weight is 169 g/mol. The lowest BCUT2D eigenvalue weighted by atomic mass is 10.2. The average Bonchev–Trinajstić information content (AvgIpc) is 2.00. The van der Waals surface area contributed by atoms with Crippen LogP contribution in [0.15, 0.2) is 12.1 Å². The molecule has 0 aliphatic rings. The molecule has 0 spiro atoms. The second kappa shape index (κ2) is 2.61. The van der Waals surface area contributed by atoms with Crippen molar-refractivity contribution >= 4 is 5.97 Å². The summed E-state index contributed by atoms with van der Waals surface area (Å²) in [6.07, 6.45) is 0. The molecule has 1 rings (SSSR count). The fourth-order valence-corrected chi connectivity index (χ4v) is 0.734. The third kappa shape index (κ3) is 1.12. The number of phenolic OH excluding ortho intramolecular Hbond substituents is 3. The van der Waals surface area contributed by atoms with E-state index in [1.165, 1.54) is 0 Å². The number of carbonyl (C=O) groups excluding carboxylic acids is 1. The van der Waals surface area contributed by atoms with Crippen LogP contribution in [0.1, 0.15) is 10.4 Å². The maximum Gasteiger partial charge on any atom is 0.390 e. The quantitative estimate of drug-likeness (QED) is 0.529. The van der Waals surface area contributed by atoms with E-state index in [2.05, 4.69) is 0 Å². The Bertz CT molecular complexity index is 331. The molecule has 5 heteroatoms. The van der Waals surface area contributed by atoms with Gasteiger partial charge in [0.05, 0.1) is 0 Å². The van der Waals surface area contributed by atoms with Crippen LogP contribution in [0.4, 0.5) is 0 Å². The molecular weight excluding hydrogens is 164 g/mol. The molecule has 3 N–H and O–H groups in total. The van der Waals surface area contributed by atoms with Gasteiger partial charge in [-0.3, -0.25) is 0 Å². The molecule has 63 valence electrons. The maximum atomic E-state index is 10.2. The van der Waals surface area contributed by atoms with E-state index >= 15 is 0 Å². The van der Waals surface area contributed by atoms with E-state index in [-0.39, 0.29) is 0 Å². The summed E-state index contributed by atoms with van der Waals surface area (Å²) in [5.41, 5.74) is -0.565. The number of hydrogen-bond donors (Lipinski definition) is 3. The van der Waals surface area contributed by atoms with E-state index in [0.717, 1.165) is 12.1 Å². The number of carbonyl (C=O) groups is 1. The maximum absolute atomic E-state index is 10.2. The van der Waals surface area contributed by atoms with E-state index in [1.807, 2.05) is 0 Å². The van der Waals surface area contributed by atoms with E-state index in [0.29, 0.717) is 0 Å². The first kappa shape index (κ1) is 8.19. The van der Waals surface area contributed by atoms with Gasteiger partial charge in [-0.15, -0.1) is 0 Å². The number of aromatic hydroxyl groups is 3. The lowest BCUT2D eigenvalue weighted by Gasteiger charge is -2.01. The molecular formula is C7H5O5. The Morgan fingerprint density at radius 1 is 1.08 bits per heavy atom. The first-order valence-corrected chi connectivity index (χ1v) is 2.99. The van der Waals surface area contributed by atoms with Crippen LogP contribution in [0.5, 0.6) is 17.2 Å². The zero-order chi connectivity index (χ0) is 9.30. The zero-order valence-corrected chi connectivity index (χ0v) is 5.81. The highest BCUT2D eigenvalue weighted by atomic mass is 16.4. The number of rotatable bonds is 1. The van der Waals surface area contributed by atoms with Crippen molar-refractivity contribution in [2.75, 3.05) is 0 Å². The minimum atomic E-state index is -1.62. The molecule has 0 aliphatic heterocycles. The van der Waals surface area contributed by atoms with Crippen LogP contribution < -0.4 is 0 Å². The van der Waals surface area contributed by atoms with E-state index in [9.17, 15) is 9.90 Å². The molecule has 0 heterocycles. The monoisotopic (exact) mass is 169 g/mol. The summed E-state index contributed by atoms with van der Waals surface area (Å²) in [7, 11) is 0.